The van der Waals surface area contributed by atoms with Gasteiger partial charge in [0.2, 0.25) is 5.88 Å². The second-order valence-corrected chi connectivity index (χ2v) is 4.52. The minimum atomic E-state index is 0. The monoisotopic (exact) mass is 256 g/mol. The Balaban J connectivity index is 0.000000963. The van der Waals surface area contributed by atoms with Crippen LogP contribution in [-0.4, -0.2) is 23.6 Å². The number of ether oxygens (including phenoxy) is 1. The molecule has 1 saturated heterocycles. The van der Waals surface area contributed by atoms with E-state index in [1.165, 1.54) is 16.2 Å². The van der Waals surface area contributed by atoms with E-state index < -0.39 is 0 Å². The smallest absolute Gasteiger partial charge is 0.233 e. The molecule has 1 aromatic carbocycles. The third-order valence-electron chi connectivity index (χ3n) is 2.64. The summed E-state index contributed by atoms with van der Waals surface area (Å²) in [4.78, 5) is 0. The molecule has 0 amide bonds. The van der Waals surface area contributed by atoms with Crippen LogP contribution in [-0.2, 0) is 0 Å². The van der Waals surface area contributed by atoms with Gasteiger partial charge in [0, 0.05) is 6.54 Å². The predicted octanol–water partition coefficient (Wildman–Crippen LogP) is 2.46. The molecule has 3 rings (SSSR count). The highest BCUT2D eigenvalue weighted by Gasteiger charge is 2.18. The first kappa shape index (κ1) is 11.6. The van der Waals surface area contributed by atoms with Crippen molar-refractivity contribution < 1.29 is 4.74 Å². The van der Waals surface area contributed by atoms with Crippen LogP contribution in [0.5, 0.6) is 5.88 Å². The number of halogens is 1. The molecule has 0 bridgehead atoms. The number of hydrogen-bond acceptors (Lipinski definition) is 4. The Hall–Kier alpha value is -0.840. The number of nitrogens with one attached hydrogen (secondary N) is 1. The van der Waals surface area contributed by atoms with E-state index in [-0.39, 0.29) is 18.5 Å². The van der Waals surface area contributed by atoms with Gasteiger partial charge in [-0.25, -0.2) is 0 Å². The van der Waals surface area contributed by atoms with Crippen LogP contribution in [0.1, 0.15) is 6.42 Å². The van der Waals surface area contributed by atoms with Gasteiger partial charge in [-0.3, -0.25) is 0 Å². The summed E-state index contributed by atoms with van der Waals surface area (Å²) in [6.45, 7) is 1.98. The van der Waals surface area contributed by atoms with E-state index in [1.807, 2.05) is 12.1 Å². The maximum absolute atomic E-state index is 5.87. The summed E-state index contributed by atoms with van der Waals surface area (Å²) in [7, 11) is 0. The number of rotatable bonds is 2. The fraction of sp³-hybridized carbons (Fsp3) is 0.364. The van der Waals surface area contributed by atoms with Crippen molar-refractivity contribution in [1.29, 1.82) is 0 Å². The Kier molecular flexibility index (Phi) is 3.63. The average molecular weight is 257 g/mol. The van der Waals surface area contributed by atoms with E-state index >= 15 is 0 Å². The lowest BCUT2D eigenvalue weighted by Crippen LogP contribution is -2.19. The average Bonchev–Trinajstić information content (AvgIpc) is 2.89. The van der Waals surface area contributed by atoms with Crippen molar-refractivity contribution in [3.63, 3.8) is 0 Å². The van der Waals surface area contributed by atoms with E-state index in [1.54, 1.807) is 0 Å². The van der Waals surface area contributed by atoms with Gasteiger partial charge in [-0.2, -0.15) is 4.37 Å². The molecule has 0 saturated carbocycles. The number of aromatic nitrogens is 1. The second-order valence-electron chi connectivity index (χ2n) is 3.72. The van der Waals surface area contributed by atoms with Crippen molar-refractivity contribution in [3.05, 3.63) is 24.3 Å². The summed E-state index contributed by atoms with van der Waals surface area (Å²) in [6.07, 6.45) is 1.36. The van der Waals surface area contributed by atoms with E-state index in [2.05, 4.69) is 21.8 Å². The molecule has 16 heavy (non-hydrogen) atoms. The molecule has 0 unspecified atom stereocenters. The quantitative estimate of drug-likeness (QED) is 0.896. The lowest BCUT2D eigenvalue weighted by atomic mass is 10.3. The van der Waals surface area contributed by atoms with Crippen molar-refractivity contribution in [2.75, 3.05) is 13.1 Å². The first-order valence-electron chi connectivity index (χ1n) is 5.15. The van der Waals surface area contributed by atoms with Crippen LogP contribution in [0.4, 0.5) is 0 Å². The van der Waals surface area contributed by atoms with Gasteiger partial charge in [0.25, 0.3) is 0 Å². The summed E-state index contributed by atoms with van der Waals surface area (Å²) < 4.78 is 11.4. The normalized spacial score (nSPS) is 19.6. The first-order valence-corrected chi connectivity index (χ1v) is 5.92. The molecule has 0 spiro atoms. The fourth-order valence-electron chi connectivity index (χ4n) is 1.83. The molecule has 86 valence electrons. The Labute approximate surface area is 104 Å². The fourth-order valence-corrected chi connectivity index (χ4v) is 2.55. The Bertz CT molecular complexity index is 468. The summed E-state index contributed by atoms with van der Waals surface area (Å²) >= 11 is 1.50. The molecule has 2 aromatic rings. The molecule has 3 nitrogen and oxygen atoms in total. The van der Waals surface area contributed by atoms with Crippen LogP contribution < -0.4 is 10.1 Å². The summed E-state index contributed by atoms with van der Waals surface area (Å²) in [5.74, 6) is 0.796. The Morgan fingerprint density at radius 3 is 3.06 bits per heavy atom. The van der Waals surface area contributed by atoms with Crippen molar-refractivity contribution in [2.24, 2.45) is 0 Å². The van der Waals surface area contributed by atoms with Gasteiger partial charge in [-0.05, 0) is 36.6 Å². The van der Waals surface area contributed by atoms with Gasteiger partial charge in [0.1, 0.15) is 6.10 Å². The molecule has 1 aliphatic rings. The van der Waals surface area contributed by atoms with Crippen LogP contribution in [0.15, 0.2) is 24.3 Å². The summed E-state index contributed by atoms with van der Waals surface area (Å²) in [5, 5.41) is 4.42. The van der Waals surface area contributed by atoms with Crippen molar-refractivity contribution >= 4 is 34.0 Å². The summed E-state index contributed by atoms with van der Waals surface area (Å²) in [6, 6.07) is 8.20. The van der Waals surface area contributed by atoms with Crippen molar-refractivity contribution in [2.45, 2.75) is 12.5 Å². The maximum Gasteiger partial charge on any atom is 0.233 e. The molecular formula is C11H13ClN2OS. The highest BCUT2D eigenvalue weighted by molar-refractivity contribution is 7.13. The molecule has 1 atom stereocenters. The minimum Gasteiger partial charge on any atom is -0.472 e. The highest BCUT2D eigenvalue weighted by atomic mass is 35.5. The molecular weight excluding hydrogens is 244 g/mol. The zero-order valence-corrected chi connectivity index (χ0v) is 10.3. The zero-order chi connectivity index (χ0) is 10.1. The highest BCUT2D eigenvalue weighted by Crippen LogP contribution is 2.29. The molecule has 5 heteroatoms. The number of benzene rings is 1. The number of fused-ring (bicyclic) bond motifs is 1. The van der Waals surface area contributed by atoms with Crippen LogP contribution in [0.3, 0.4) is 0 Å². The van der Waals surface area contributed by atoms with E-state index in [0.29, 0.717) is 0 Å². The van der Waals surface area contributed by atoms with Crippen molar-refractivity contribution in [3.8, 4) is 5.88 Å². The van der Waals surface area contributed by atoms with Crippen LogP contribution in [0, 0.1) is 0 Å². The van der Waals surface area contributed by atoms with Gasteiger partial charge in [-0.1, -0.05) is 12.1 Å². The van der Waals surface area contributed by atoms with Crippen LogP contribution in [0.2, 0.25) is 0 Å². The Morgan fingerprint density at radius 1 is 1.38 bits per heavy atom. The molecule has 1 fully saturated rings. The van der Waals surface area contributed by atoms with Gasteiger partial charge in [-0.15, -0.1) is 12.4 Å². The van der Waals surface area contributed by atoms with Crippen LogP contribution >= 0.6 is 23.9 Å². The standard InChI is InChI=1S/C11H12N2OS.ClH/c1-2-4-10-9(3-1)11(13-15-10)14-8-5-6-12-7-8;/h1-4,8,12H,5-7H2;1H/t8-;/m1./s1. The Morgan fingerprint density at radius 2 is 2.25 bits per heavy atom. The molecule has 2 heterocycles. The van der Waals surface area contributed by atoms with E-state index in [4.69, 9.17) is 4.74 Å². The largest absolute Gasteiger partial charge is 0.472 e. The number of nitrogens with zero attached hydrogens (tertiary/aromatic N) is 1. The topological polar surface area (TPSA) is 34.1 Å². The molecule has 0 aliphatic carbocycles. The number of hydrogen-bond donors (Lipinski definition) is 1. The van der Waals surface area contributed by atoms with Crippen molar-refractivity contribution in [1.82, 2.24) is 9.69 Å². The molecule has 1 N–H and O–H groups in total. The van der Waals surface area contributed by atoms with E-state index in [0.717, 1.165) is 30.8 Å². The first-order chi connectivity index (χ1) is 7.43. The van der Waals surface area contributed by atoms with Gasteiger partial charge < -0.3 is 10.1 Å². The zero-order valence-electron chi connectivity index (χ0n) is 8.68. The lowest BCUT2D eigenvalue weighted by molar-refractivity contribution is 0.219. The van der Waals surface area contributed by atoms with Gasteiger partial charge in [0.15, 0.2) is 0 Å². The lowest BCUT2D eigenvalue weighted by Gasteiger charge is -2.09. The predicted molar refractivity (Wildman–Crippen MR) is 68.8 cm³/mol. The molecule has 1 aliphatic heterocycles. The van der Waals surface area contributed by atoms with Gasteiger partial charge in [0.05, 0.1) is 10.1 Å². The SMILES string of the molecule is Cl.c1ccc2c(O[C@@H]3CCNC3)nsc2c1. The summed E-state index contributed by atoms with van der Waals surface area (Å²) in [5.41, 5.74) is 0. The molecule has 0 radical (unpaired) electrons. The second kappa shape index (κ2) is 4.99. The van der Waals surface area contributed by atoms with Crippen LogP contribution in [0.25, 0.3) is 10.1 Å². The van der Waals surface area contributed by atoms with E-state index in [9.17, 15) is 0 Å². The third kappa shape index (κ3) is 2.14. The maximum atomic E-state index is 5.87. The minimum absolute atomic E-state index is 0. The molecule has 1 aromatic heterocycles. The van der Waals surface area contributed by atoms with Gasteiger partial charge >= 0.3 is 0 Å². The third-order valence-corrected chi connectivity index (χ3v) is 3.45.